The van der Waals surface area contributed by atoms with Gasteiger partial charge in [0.25, 0.3) is 5.91 Å². The third kappa shape index (κ3) is 6.88. The van der Waals surface area contributed by atoms with Crippen molar-refractivity contribution in [1.82, 2.24) is 9.55 Å². The zero-order chi connectivity index (χ0) is 26.5. The Balaban J connectivity index is 1.56. The molecule has 0 unspecified atom stereocenters. The molecule has 37 heavy (non-hydrogen) atoms. The van der Waals surface area contributed by atoms with Crippen LogP contribution < -0.4 is 5.32 Å². The fourth-order valence-corrected chi connectivity index (χ4v) is 4.35. The molecule has 0 spiro atoms. The molecule has 1 saturated heterocycles. The Morgan fingerprint density at radius 2 is 1.95 bits per heavy atom. The maximum Gasteiger partial charge on any atom is 0.303 e. The zero-order valence-electron chi connectivity index (χ0n) is 20.3. The first-order valence-electron chi connectivity index (χ1n) is 11.7. The Hall–Kier alpha value is -2.95. The number of ether oxygens (including phenoxy) is 3. The fraction of sp³-hybridized carbons (Fsp3) is 0.346. The second-order valence-electron chi connectivity index (χ2n) is 8.70. The minimum atomic E-state index is -0.939. The number of benzene rings is 2. The van der Waals surface area contributed by atoms with E-state index in [0.29, 0.717) is 29.4 Å². The fourth-order valence-electron chi connectivity index (χ4n) is 4.03. The van der Waals surface area contributed by atoms with Crippen LogP contribution in [-0.2, 0) is 37.0 Å². The van der Waals surface area contributed by atoms with Crippen LogP contribution in [0.5, 0.6) is 0 Å². The van der Waals surface area contributed by atoms with Crippen molar-refractivity contribution in [3.63, 3.8) is 0 Å². The summed E-state index contributed by atoms with van der Waals surface area (Å²) >= 11 is 12.3. The lowest BCUT2D eigenvalue weighted by atomic mass is 10.00. The van der Waals surface area contributed by atoms with Gasteiger partial charge in [0.1, 0.15) is 5.15 Å². The van der Waals surface area contributed by atoms with E-state index in [0.717, 1.165) is 11.1 Å². The van der Waals surface area contributed by atoms with Gasteiger partial charge < -0.3 is 29.2 Å². The Morgan fingerprint density at radius 1 is 1.19 bits per heavy atom. The average Bonchev–Trinajstić information content (AvgIpc) is 3.20. The molecule has 196 valence electrons. The molecule has 2 N–H and O–H groups in total. The average molecular weight is 548 g/mol. The molecule has 9 nitrogen and oxygen atoms in total. The van der Waals surface area contributed by atoms with Crippen molar-refractivity contribution in [2.45, 2.75) is 58.0 Å². The number of aliphatic hydroxyl groups is 1. The van der Waals surface area contributed by atoms with Crippen LogP contribution in [-0.4, -0.2) is 38.7 Å². The van der Waals surface area contributed by atoms with Crippen molar-refractivity contribution in [1.29, 1.82) is 0 Å². The van der Waals surface area contributed by atoms with Gasteiger partial charge in [0.15, 0.2) is 17.5 Å². The predicted molar refractivity (Wildman–Crippen MR) is 137 cm³/mol. The number of carbonyl (C=O) groups excluding carboxylic acids is 2. The number of hydrogen-bond donors (Lipinski definition) is 2. The van der Waals surface area contributed by atoms with Crippen molar-refractivity contribution >= 4 is 40.8 Å². The zero-order valence-corrected chi connectivity index (χ0v) is 21.8. The summed E-state index contributed by atoms with van der Waals surface area (Å²) in [7, 11) is 0. The highest BCUT2D eigenvalue weighted by Crippen LogP contribution is 2.39. The van der Waals surface area contributed by atoms with Gasteiger partial charge in [-0.1, -0.05) is 59.6 Å². The molecule has 2 heterocycles. The smallest absolute Gasteiger partial charge is 0.303 e. The third-order valence-electron chi connectivity index (χ3n) is 5.89. The van der Waals surface area contributed by atoms with Crippen molar-refractivity contribution in [3.05, 3.63) is 81.9 Å². The van der Waals surface area contributed by atoms with Crippen LogP contribution in [0.2, 0.25) is 10.3 Å². The number of rotatable bonds is 8. The van der Waals surface area contributed by atoms with Gasteiger partial charge in [0.05, 0.1) is 31.7 Å². The molecular formula is C26H27Cl2N3O6. The number of anilines is 1. The van der Waals surface area contributed by atoms with Crippen molar-refractivity contribution in [2.75, 3.05) is 5.32 Å². The molecule has 1 aromatic heterocycles. The topological polar surface area (TPSA) is 112 Å². The van der Waals surface area contributed by atoms with Gasteiger partial charge in [-0.3, -0.25) is 9.59 Å². The quantitative estimate of drug-likeness (QED) is 0.389. The standard InChI is InChI=1S/C26H27Cl2N3O6/c1-15(35-16(2)33)25(34)30-20-5-3-4-19(10-20)26-36-21(12-31-14-29-23(27)24(31)28)11-22(37-26)18-8-6-17(13-32)7-9-18/h3-10,14-15,21-22,26,32H,11-13H2,1-2H3,(H,30,34)/t15-,21+,22-,26-/m0/s1. The Kier molecular flexibility index (Phi) is 8.83. The highest BCUT2D eigenvalue weighted by atomic mass is 35.5. The van der Waals surface area contributed by atoms with Gasteiger partial charge in [0.2, 0.25) is 0 Å². The maximum absolute atomic E-state index is 12.4. The van der Waals surface area contributed by atoms with Crippen LogP contribution in [0.25, 0.3) is 0 Å². The number of hydrogen-bond acceptors (Lipinski definition) is 7. The molecule has 0 saturated carbocycles. The van der Waals surface area contributed by atoms with Gasteiger partial charge in [-0.2, -0.15) is 0 Å². The number of amides is 1. The highest BCUT2D eigenvalue weighted by molar-refractivity contribution is 6.40. The number of aliphatic hydroxyl groups excluding tert-OH is 1. The maximum atomic E-state index is 12.4. The number of nitrogens with zero attached hydrogens (tertiary/aromatic N) is 2. The Morgan fingerprint density at radius 3 is 2.59 bits per heavy atom. The summed E-state index contributed by atoms with van der Waals surface area (Å²) in [6.45, 7) is 3.10. The lowest BCUT2D eigenvalue weighted by Gasteiger charge is -2.36. The van der Waals surface area contributed by atoms with Gasteiger partial charge >= 0.3 is 5.97 Å². The normalized spacial score (nSPS) is 20.3. The van der Waals surface area contributed by atoms with Crippen LogP contribution in [0.15, 0.2) is 54.9 Å². The minimum Gasteiger partial charge on any atom is -0.453 e. The van der Waals surface area contributed by atoms with E-state index >= 15 is 0 Å². The Labute approximate surface area is 224 Å². The van der Waals surface area contributed by atoms with Gasteiger partial charge in [-0.25, -0.2) is 4.98 Å². The molecule has 0 radical (unpaired) electrons. The highest BCUT2D eigenvalue weighted by Gasteiger charge is 2.33. The number of carbonyl (C=O) groups is 2. The molecule has 1 aliphatic heterocycles. The molecule has 0 aliphatic carbocycles. The predicted octanol–water partition coefficient (Wildman–Crippen LogP) is 4.82. The summed E-state index contributed by atoms with van der Waals surface area (Å²) in [5.74, 6) is -0.993. The second kappa shape index (κ2) is 12.1. The summed E-state index contributed by atoms with van der Waals surface area (Å²) in [4.78, 5) is 27.6. The SMILES string of the molecule is CC(=O)O[C@@H](C)C(=O)Nc1cccc([C@H]2O[C@@H](Cn3cnc(Cl)c3Cl)C[C@@H](c3ccc(CO)cc3)O2)c1. The molecule has 11 heteroatoms. The number of imidazole rings is 1. The lowest BCUT2D eigenvalue weighted by molar-refractivity contribution is -0.252. The van der Waals surface area contributed by atoms with Gasteiger partial charge in [-0.15, -0.1) is 0 Å². The van der Waals surface area contributed by atoms with Gasteiger partial charge in [0, 0.05) is 24.6 Å². The molecule has 1 aliphatic rings. The first-order chi connectivity index (χ1) is 17.7. The molecule has 4 atom stereocenters. The van der Waals surface area contributed by atoms with E-state index in [9.17, 15) is 14.7 Å². The number of esters is 1. The van der Waals surface area contributed by atoms with E-state index in [1.807, 2.05) is 30.3 Å². The summed E-state index contributed by atoms with van der Waals surface area (Å²) in [6.07, 6.45) is -0.197. The van der Waals surface area contributed by atoms with Crippen molar-refractivity contribution in [3.8, 4) is 0 Å². The number of nitrogens with one attached hydrogen (secondary N) is 1. The largest absolute Gasteiger partial charge is 0.453 e. The third-order valence-corrected chi connectivity index (χ3v) is 6.66. The minimum absolute atomic E-state index is 0.0470. The van der Waals surface area contributed by atoms with E-state index in [2.05, 4.69) is 10.3 Å². The molecule has 4 rings (SSSR count). The molecule has 2 aromatic carbocycles. The van der Waals surface area contributed by atoms with Crippen molar-refractivity contribution < 1.29 is 28.9 Å². The van der Waals surface area contributed by atoms with Crippen LogP contribution in [0.1, 0.15) is 49.4 Å². The molecule has 0 bridgehead atoms. The first-order valence-corrected chi connectivity index (χ1v) is 12.4. The summed E-state index contributed by atoms with van der Waals surface area (Å²) in [5, 5.41) is 12.7. The van der Waals surface area contributed by atoms with E-state index in [-0.39, 0.29) is 24.0 Å². The number of aromatic nitrogens is 2. The van der Waals surface area contributed by atoms with E-state index in [1.54, 1.807) is 29.1 Å². The van der Waals surface area contributed by atoms with Crippen molar-refractivity contribution in [2.24, 2.45) is 0 Å². The van der Waals surface area contributed by atoms with E-state index < -0.39 is 24.3 Å². The molecular weight excluding hydrogens is 521 g/mol. The van der Waals surface area contributed by atoms with Crippen LogP contribution >= 0.6 is 23.2 Å². The Bertz CT molecular complexity index is 1250. The molecule has 1 fully saturated rings. The molecule has 3 aromatic rings. The van der Waals surface area contributed by atoms with Crippen LogP contribution in [0.4, 0.5) is 5.69 Å². The van der Waals surface area contributed by atoms with E-state index in [1.165, 1.54) is 13.8 Å². The summed E-state index contributed by atoms with van der Waals surface area (Å²) < 4.78 is 19.3. The monoisotopic (exact) mass is 547 g/mol. The van der Waals surface area contributed by atoms with E-state index in [4.69, 9.17) is 37.4 Å². The molecule has 1 amide bonds. The lowest BCUT2D eigenvalue weighted by Crippen LogP contribution is -2.32. The van der Waals surface area contributed by atoms with Crippen LogP contribution in [0.3, 0.4) is 0 Å². The first kappa shape index (κ1) is 27.1. The summed E-state index contributed by atoms with van der Waals surface area (Å²) in [5.41, 5.74) is 2.93. The number of halogens is 2. The second-order valence-corrected chi connectivity index (χ2v) is 9.41. The van der Waals surface area contributed by atoms with Gasteiger partial charge in [-0.05, 0) is 30.2 Å². The summed E-state index contributed by atoms with van der Waals surface area (Å²) in [6, 6.07) is 14.6. The van der Waals surface area contributed by atoms with Crippen LogP contribution in [0, 0.1) is 0 Å².